The zero-order valence-electron chi connectivity index (χ0n) is 17.4. The molecular weight excluding hydrogens is 403 g/mol. The van der Waals surface area contributed by atoms with Crippen LogP contribution in [0.5, 0.6) is 11.5 Å². The Labute approximate surface area is 183 Å². The predicted octanol–water partition coefficient (Wildman–Crippen LogP) is 5.43. The molecule has 4 nitrogen and oxygen atoms in total. The molecule has 1 aliphatic rings. The second-order valence-corrected chi connectivity index (χ2v) is 7.77. The van der Waals surface area contributed by atoms with Crippen LogP contribution >= 0.6 is 12.4 Å². The first kappa shape index (κ1) is 22.4. The summed E-state index contributed by atoms with van der Waals surface area (Å²) in [4.78, 5) is 3.23. The number of aryl methyl sites for hydroxylation is 1. The van der Waals surface area contributed by atoms with Crippen LogP contribution < -0.4 is 14.8 Å². The quantitative estimate of drug-likeness (QED) is 0.443. The lowest BCUT2D eigenvalue weighted by atomic mass is 10.0. The van der Waals surface area contributed by atoms with Gasteiger partial charge in [-0.1, -0.05) is 18.9 Å². The topological polar surface area (TPSA) is 46.3 Å². The summed E-state index contributed by atoms with van der Waals surface area (Å²) in [6.07, 6.45) is 8.60. The Bertz CT molecular complexity index is 945. The molecule has 0 fully saturated rings. The molecule has 0 radical (unpaired) electrons. The molecule has 0 aliphatic carbocycles. The summed E-state index contributed by atoms with van der Waals surface area (Å²) in [5.74, 6) is 1.68. The molecule has 6 heteroatoms. The van der Waals surface area contributed by atoms with Crippen LogP contribution in [0, 0.1) is 5.82 Å². The van der Waals surface area contributed by atoms with Crippen LogP contribution in [0.15, 0.2) is 42.6 Å². The van der Waals surface area contributed by atoms with Gasteiger partial charge in [-0.25, -0.2) is 4.39 Å². The van der Waals surface area contributed by atoms with Crippen molar-refractivity contribution >= 4 is 23.3 Å². The summed E-state index contributed by atoms with van der Waals surface area (Å²) in [5, 5.41) is 4.64. The number of ether oxygens (including phenoxy) is 2. The van der Waals surface area contributed by atoms with E-state index >= 15 is 0 Å². The Morgan fingerprint density at radius 1 is 1.17 bits per heavy atom. The van der Waals surface area contributed by atoms with Crippen molar-refractivity contribution in [1.29, 1.82) is 0 Å². The van der Waals surface area contributed by atoms with Crippen molar-refractivity contribution in [3.8, 4) is 11.5 Å². The van der Waals surface area contributed by atoms with Gasteiger partial charge in [-0.2, -0.15) is 0 Å². The van der Waals surface area contributed by atoms with E-state index < -0.39 is 0 Å². The molecule has 2 N–H and O–H groups in total. The van der Waals surface area contributed by atoms with E-state index in [1.807, 2.05) is 30.5 Å². The lowest BCUT2D eigenvalue weighted by Crippen LogP contribution is -2.39. The molecule has 1 unspecified atom stereocenters. The minimum Gasteiger partial charge on any atom is -0.496 e. The highest BCUT2D eigenvalue weighted by Crippen LogP contribution is 2.32. The van der Waals surface area contributed by atoms with Crippen LogP contribution in [0.25, 0.3) is 10.9 Å². The molecule has 1 atom stereocenters. The maximum absolute atomic E-state index is 13.5. The second-order valence-electron chi connectivity index (χ2n) is 7.77. The van der Waals surface area contributed by atoms with Crippen LogP contribution in [-0.4, -0.2) is 31.3 Å². The number of unbranched alkanes of at least 4 members (excludes halogenated alkanes) is 3. The molecule has 0 amide bonds. The Kier molecular flexibility index (Phi) is 8.00. The number of hydrogen-bond acceptors (Lipinski definition) is 3. The van der Waals surface area contributed by atoms with Crippen LogP contribution in [-0.2, 0) is 12.8 Å². The number of rotatable bonds is 9. The van der Waals surface area contributed by atoms with Crippen molar-refractivity contribution in [2.45, 2.75) is 44.6 Å². The standard InChI is InChI=1S/C24H29FN2O2.ClH/c1-28-23-8-6-9-24-21(23)14-19(16-29-24)26-12-5-3-2-4-7-17-15-27-22-11-10-18(25)13-20(17)22;/h6,8-11,13,15,19,26-27H,2-5,7,12,14,16H2,1H3;1H. The highest BCUT2D eigenvalue weighted by Gasteiger charge is 2.22. The van der Waals surface area contributed by atoms with Gasteiger partial charge in [-0.05, 0) is 68.1 Å². The fourth-order valence-electron chi connectivity index (χ4n) is 4.16. The van der Waals surface area contributed by atoms with E-state index in [-0.39, 0.29) is 18.2 Å². The average molecular weight is 433 g/mol. The Hall–Kier alpha value is -2.24. The van der Waals surface area contributed by atoms with E-state index in [0.29, 0.717) is 12.6 Å². The van der Waals surface area contributed by atoms with E-state index in [1.54, 1.807) is 13.2 Å². The predicted molar refractivity (Wildman–Crippen MR) is 122 cm³/mol. The lowest BCUT2D eigenvalue weighted by molar-refractivity contribution is 0.234. The minimum absolute atomic E-state index is 0. The molecule has 0 saturated carbocycles. The number of H-pyrrole nitrogens is 1. The maximum atomic E-state index is 13.5. The van der Waals surface area contributed by atoms with Crippen molar-refractivity contribution in [1.82, 2.24) is 10.3 Å². The molecule has 0 bridgehead atoms. The fourth-order valence-corrected chi connectivity index (χ4v) is 4.16. The van der Waals surface area contributed by atoms with Crippen LogP contribution in [0.1, 0.15) is 36.8 Å². The third-order valence-electron chi connectivity index (χ3n) is 5.74. The molecule has 0 saturated heterocycles. The van der Waals surface area contributed by atoms with E-state index in [2.05, 4.69) is 10.3 Å². The summed E-state index contributed by atoms with van der Waals surface area (Å²) in [6, 6.07) is 11.2. The monoisotopic (exact) mass is 432 g/mol. The normalized spacial score (nSPS) is 15.3. The maximum Gasteiger partial charge on any atom is 0.126 e. The van der Waals surface area contributed by atoms with Gasteiger partial charge >= 0.3 is 0 Å². The molecule has 1 aromatic heterocycles. The third kappa shape index (κ3) is 5.27. The first-order chi connectivity index (χ1) is 14.2. The van der Waals surface area contributed by atoms with Crippen LogP contribution in [0.2, 0.25) is 0 Å². The first-order valence-corrected chi connectivity index (χ1v) is 10.5. The number of aromatic nitrogens is 1. The molecule has 2 aromatic carbocycles. The summed E-state index contributed by atoms with van der Waals surface area (Å²) >= 11 is 0. The molecule has 3 aromatic rings. The fraction of sp³-hybridized carbons (Fsp3) is 0.417. The van der Waals surface area contributed by atoms with Gasteiger partial charge in [0.15, 0.2) is 0 Å². The van der Waals surface area contributed by atoms with Gasteiger partial charge in [0.25, 0.3) is 0 Å². The largest absolute Gasteiger partial charge is 0.496 e. The van der Waals surface area contributed by atoms with E-state index in [0.717, 1.165) is 60.2 Å². The number of aromatic amines is 1. The molecule has 1 aliphatic heterocycles. The Morgan fingerprint density at radius 3 is 2.90 bits per heavy atom. The highest BCUT2D eigenvalue weighted by atomic mass is 35.5. The Balaban J connectivity index is 0.00000256. The van der Waals surface area contributed by atoms with Crippen LogP contribution in [0.3, 0.4) is 0 Å². The number of fused-ring (bicyclic) bond motifs is 2. The highest BCUT2D eigenvalue weighted by molar-refractivity contribution is 5.85. The lowest BCUT2D eigenvalue weighted by Gasteiger charge is -2.27. The van der Waals surface area contributed by atoms with Crippen molar-refractivity contribution in [2.24, 2.45) is 0 Å². The van der Waals surface area contributed by atoms with Crippen molar-refractivity contribution in [2.75, 3.05) is 20.3 Å². The summed E-state index contributed by atoms with van der Waals surface area (Å²) in [5.41, 5.74) is 3.39. The van der Waals surface area contributed by atoms with Gasteiger partial charge in [0.1, 0.15) is 23.9 Å². The average Bonchev–Trinajstić information content (AvgIpc) is 3.14. The number of hydrogen-bond donors (Lipinski definition) is 2. The summed E-state index contributed by atoms with van der Waals surface area (Å²) in [6.45, 7) is 1.70. The van der Waals surface area contributed by atoms with Gasteiger partial charge in [-0.3, -0.25) is 0 Å². The molecular formula is C24H30ClFN2O2. The minimum atomic E-state index is -0.170. The number of methoxy groups -OCH3 is 1. The van der Waals surface area contributed by atoms with Crippen molar-refractivity contribution in [3.05, 3.63) is 59.5 Å². The second kappa shape index (κ2) is 10.7. The molecule has 30 heavy (non-hydrogen) atoms. The van der Waals surface area contributed by atoms with Gasteiger partial charge in [-0.15, -0.1) is 12.4 Å². The van der Waals surface area contributed by atoms with Gasteiger partial charge in [0.2, 0.25) is 0 Å². The molecule has 4 rings (SSSR count). The third-order valence-corrected chi connectivity index (χ3v) is 5.74. The zero-order chi connectivity index (χ0) is 20.1. The van der Waals surface area contributed by atoms with E-state index in [9.17, 15) is 4.39 Å². The SMILES string of the molecule is COc1cccc2c1CC(NCCCCCCc1c[nH]c3ccc(F)cc13)CO2.Cl. The molecule has 162 valence electrons. The number of benzene rings is 2. The van der Waals surface area contributed by atoms with Gasteiger partial charge in [0, 0.05) is 28.7 Å². The molecule has 0 spiro atoms. The van der Waals surface area contributed by atoms with Crippen molar-refractivity contribution in [3.63, 3.8) is 0 Å². The first-order valence-electron chi connectivity index (χ1n) is 10.5. The van der Waals surface area contributed by atoms with Crippen LogP contribution in [0.4, 0.5) is 4.39 Å². The molecule has 2 heterocycles. The summed E-state index contributed by atoms with van der Waals surface area (Å²) < 4.78 is 24.8. The van der Waals surface area contributed by atoms with E-state index in [4.69, 9.17) is 9.47 Å². The number of halogens is 2. The van der Waals surface area contributed by atoms with E-state index in [1.165, 1.54) is 24.5 Å². The smallest absolute Gasteiger partial charge is 0.126 e. The van der Waals surface area contributed by atoms with Gasteiger partial charge < -0.3 is 19.8 Å². The van der Waals surface area contributed by atoms with Gasteiger partial charge in [0.05, 0.1) is 7.11 Å². The number of nitrogens with one attached hydrogen (secondary N) is 2. The summed E-state index contributed by atoms with van der Waals surface area (Å²) in [7, 11) is 1.71. The Morgan fingerprint density at radius 2 is 2.03 bits per heavy atom. The zero-order valence-corrected chi connectivity index (χ0v) is 18.2. The van der Waals surface area contributed by atoms with Crippen molar-refractivity contribution < 1.29 is 13.9 Å².